The topological polar surface area (TPSA) is 35.6 Å². The standard InChI is InChI=1S/C12H23N3O/c1-3-14(4-2)12(16)15-8-10-6-5-7-13-11(10)9-15/h10-11,13H,3-9H2,1-2H3/t10-,11+/m0/s1. The average Bonchev–Trinajstić information content (AvgIpc) is 2.74. The van der Waals surface area contributed by atoms with Crippen LogP contribution in [0.4, 0.5) is 4.79 Å². The van der Waals surface area contributed by atoms with Crippen molar-refractivity contribution < 1.29 is 4.79 Å². The van der Waals surface area contributed by atoms with Crippen molar-refractivity contribution in [2.75, 3.05) is 32.7 Å². The van der Waals surface area contributed by atoms with E-state index in [0.717, 1.165) is 32.7 Å². The van der Waals surface area contributed by atoms with Gasteiger partial charge in [0.15, 0.2) is 0 Å². The van der Waals surface area contributed by atoms with Crippen LogP contribution >= 0.6 is 0 Å². The van der Waals surface area contributed by atoms with Crippen LogP contribution < -0.4 is 5.32 Å². The Labute approximate surface area is 98.0 Å². The molecule has 2 aliphatic rings. The zero-order chi connectivity index (χ0) is 11.5. The summed E-state index contributed by atoms with van der Waals surface area (Å²) in [6.45, 7) is 8.69. The Bertz CT molecular complexity index is 239. The molecule has 4 nitrogen and oxygen atoms in total. The lowest BCUT2D eigenvalue weighted by atomic mass is 9.94. The molecule has 0 radical (unpaired) electrons. The van der Waals surface area contributed by atoms with E-state index in [-0.39, 0.29) is 6.03 Å². The summed E-state index contributed by atoms with van der Waals surface area (Å²) in [6.07, 6.45) is 2.54. The summed E-state index contributed by atoms with van der Waals surface area (Å²) in [7, 11) is 0. The summed E-state index contributed by atoms with van der Waals surface area (Å²) in [6, 6.07) is 0.773. The molecule has 1 N–H and O–H groups in total. The molecule has 2 rings (SSSR count). The minimum atomic E-state index is 0.223. The number of nitrogens with zero attached hydrogens (tertiary/aromatic N) is 2. The highest BCUT2D eigenvalue weighted by atomic mass is 16.2. The molecule has 2 saturated heterocycles. The lowest BCUT2D eigenvalue weighted by Crippen LogP contribution is -2.44. The van der Waals surface area contributed by atoms with Gasteiger partial charge in [0, 0.05) is 32.2 Å². The van der Waals surface area contributed by atoms with Gasteiger partial charge in [-0.05, 0) is 39.2 Å². The maximum Gasteiger partial charge on any atom is 0.320 e. The smallest absolute Gasteiger partial charge is 0.320 e. The maximum absolute atomic E-state index is 12.2. The molecule has 0 bridgehead atoms. The number of nitrogens with one attached hydrogen (secondary N) is 1. The van der Waals surface area contributed by atoms with Crippen LogP contribution in [0, 0.1) is 5.92 Å². The van der Waals surface area contributed by atoms with Crippen LogP contribution in [0.15, 0.2) is 0 Å². The van der Waals surface area contributed by atoms with Gasteiger partial charge in [0.05, 0.1) is 0 Å². The molecule has 16 heavy (non-hydrogen) atoms. The largest absolute Gasteiger partial charge is 0.325 e. The monoisotopic (exact) mass is 225 g/mol. The van der Waals surface area contributed by atoms with Crippen molar-refractivity contribution in [1.29, 1.82) is 0 Å². The van der Waals surface area contributed by atoms with E-state index in [2.05, 4.69) is 5.32 Å². The number of rotatable bonds is 2. The first-order valence-electron chi connectivity index (χ1n) is 6.53. The lowest BCUT2D eigenvalue weighted by Gasteiger charge is -2.25. The average molecular weight is 225 g/mol. The summed E-state index contributed by atoms with van der Waals surface area (Å²) in [5.41, 5.74) is 0. The number of piperidine rings is 1. The zero-order valence-electron chi connectivity index (χ0n) is 10.4. The fraction of sp³-hybridized carbons (Fsp3) is 0.917. The van der Waals surface area contributed by atoms with Gasteiger partial charge in [-0.25, -0.2) is 4.79 Å². The molecule has 2 amide bonds. The molecule has 0 aromatic carbocycles. The number of likely N-dealkylation sites (tertiary alicyclic amines) is 1. The van der Waals surface area contributed by atoms with Crippen molar-refractivity contribution in [2.45, 2.75) is 32.7 Å². The highest BCUT2D eigenvalue weighted by Gasteiger charge is 2.37. The van der Waals surface area contributed by atoms with Crippen molar-refractivity contribution in [3.05, 3.63) is 0 Å². The van der Waals surface area contributed by atoms with Crippen LogP contribution in [0.1, 0.15) is 26.7 Å². The summed E-state index contributed by atoms with van der Waals surface area (Å²) in [4.78, 5) is 16.1. The lowest BCUT2D eigenvalue weighted by molar-refractivity contribution is 0.165. The summed E-state index contributed by atoms with van der Waals surface area (Å²) >= 11 is 0. The van der Waals surface area contributed by atoms with E-state index in [1.807, 2.05) is 23.6 Å². The van der Waals surface area contributed by atoms with Gasteiger partial charge < -0.3 is 15.1 Å². The van der Waals surface area contributed by atoms with Gasteiger partial charge in [0.25, 0.3) is 0 Å². The number of urea groups is 1. The Kier molecular flexibility index (Phi) is 3.69. The van der Waals surface area contributed by atoms with Gasteiger partial charge in [0.1, 0.15) is 0 Å². The van der Waals surface area contributed by atoms with Crippen molar-refractivity contribution in [1.82, 2.24) is 15.1 Å². The predicted molar refractivity (Wildman–Crippen MR) is 64.4 cm³/mol. The number of fused-ring (bicyclic) bond motifs is 1. The number of hydrogen-bond acceptors (Lipinski definition) is 2. The molecule has 2 aliphatic heterocycles. The molecule has 2 fully saturated rings. The number of hydrogen-bond donors (Lipinski definition) is 1. The summed E-state index contributed by atoms with van der Waals surface area (Å²) in [5.74, 6) is 0.688. The Morgan fingerprint density at radius 2 is 2.12 bits per heavy atom. The van der Waals surface area contributed by atoms with Gasteiger partial charge in [-0.3, -0.25) is 0 Å². The minimum Gasteiger partial charge on any atom is -0.325 e. The first-order chi connectivity index (χ1) is 7.76. The van der Waals surface area contributed by atoms with Gasteiger partial charge in [-0.2, -0.15) is 0 Å². The van der Waals surface area contributed by atoms with Crippen LogP contribution in [0.25, 0.3) is 0 Å². The molecule has 0 aromatic heterocycles. The molecular formula is C12H23N3O. The molecule has 2 heterocycles. The summed E-state index contributed by atoms with van der Waals surface area (Å²) < 4.78 is 0. The first kappa shape index (κ1) is 11.7. The molecule has 0 unspecified atom stereocenters. The third-order valence-electron chi connectivity index (χ3n) is 3.90. The van der Waals surface area contributed by atoms with Gasteiger partial charge in [0.2, 0.25) is 0 Å². The van der Waals surface area contributed by atoms with Crippen LogP contribution in [0.2, 0.25) is 0 Å². The normalized spacial score (nSPS) is 29.0. The second kappa shape index (κ2) is 5.04. The van der Waals surface area contributed by atoms with E-state index in [9.17, 15) is 4.79 Å². The second-order valence-corrected chi connectivity index (χ2v) is 4.82. The van der Waals surface area contributed by atoms with Crippen LogP contribution in [-0.2, 0) is 0 Å². The highest BCUT2D eigenvalue weighted by molar-refractivity contribution is 5.74. The van der Waals surface area contributed by atoms with Crippen molar-refractivity contribution in [3.8, 4) is 0 Å². The van der Waals surface area contributed by atoms with Gasteiger partial charge >= 0.3 is 6.03 Å². The Morgan fingerprint density at radius 3 is 2.75 bits per heavy atom. The van der Waals surface area contributed by atoms with Crippen molar-refractivity contribution >= 4 is 6.03 Å². The third kappa shape index (κ3) is 2.17. The minimum absolute atomic E-state index is 0.223. The highest BCUT2D eigenvalue weighted by Crippen LogP contribution is 2.25. The number of amides is 2. The second-order valence-electron chi connectivity index (χ2n) is 4.82. The van der Waals surface area contributed by atoms with Crippen molar-refractivity contribution in [3.63, 3.8) is 0 Å². The van der Waals surface area contributed by atoms with Crippen molar-refractivity contribution in [2.24, 2.45) is 5.92 Å². The van der Waals surface area contributed by atoms with E-state index in [4.69, 9.17) is 0 Å². The maximum atomic E-state index is 12.2. The molecule has 0 spiro atoms. The molecule has 2 atom stereocenters. The van der Waals surface area contributed by atoms with Gasteiger partial charge in [-0.1, -0.05) is 0 Å². The molecule has 0 aliphatic carbocycles. The Hall–Kier alpha value is -0.770. The van der Waals surface area contributed by atoms with E-state index in [0.29, 0.717) is 12.0 Å². The number of carbonyl (C=O) groups excluding carboxylic acids is 1. The molecule has 0 saturated carbocycles. The molecule has 0 aromatic rings. The predicted octanol–water partition coefficient (Wildman–Crippen LogP) is 1.13. The van der Waals surface area contributed by atoms with E-state index < -0.39 is 0 Å². The van der Waals surface area contributed by atoms with Crippen LogP contribution in [0.3, 0.4) is 0 Å². The Balaban J connectivity index is 1.94. The Morgan fingerprint density at radius 1 is 1.38 bits per heavy atom. The summed E-state index contributed by atoms with van der Waals surface area (Å²) in [5, 5.41) is 3.53. The SMILES string of the molecule is CCN(CC)C(=O)N1C[C@@H]2CCCN[C@@H]2C1. The van der Waals surface area contributed by atoms with Gasteiger partial charge in [-0.15, -0.1) is 0 Å². The molecule has 4 heteroatoms. The fourth-order valence-corrected chi connectivity index (χ4v) is 2.90. The zero-order valence-corrected chi connectivity index (χ0v) is 10.4. The van der Waals surface area contributed by atoms with Crippen LogP contribution in [0.5, 0.6) is 0 Å². The van der Waals surface area contributed by atoms with Crippen LogP contribution in [-0.4, -0.2) is 54.6 Å². The molecule has 92 valence electrons. The molecular weight excluding hydrogens is 202 g/mol. The fourth-order valence-electron chi connectivity index (χ4n) is 2.90. The van der Waals surface area contributed by atoms with E-state index in [1.165, 1.54) is 12.8 Å². The quantitative estimate of drug-likeness (QED) is 0.765. The van der Waals surface area contributed by atoms with E-state index >= 15 is 0 Å². The third-order valence-corrected chi connectivity index (χ3v) is 3.90. The number of carbonyl (C=O) groups is 1. The first-order valence-corrected chi connectivity index (χ1v) is 6.53. The van der Waals surface area contributed by atoms with E-state index in [1.54, 1.807) is 0 Å².